The molecule has 0 aromatic heterocycles. The molecule has 3 aromatic rings. The van der Waals surface area contributed by atoms with Crippen LogP contribution in [0.25, 0.3) is 0 Å². The molecule has 0 aliphatic carbocycles. The van der Waals surface area contributed by atoms with E-state index in [1.165, 1.54) is 0 Å². The van der Waals surface area contributed by atoms with E-state index < -0.39 is 0 Å². The number of carbonyl (C=O) groups is 2. The molecule has 0 bridgehead atoms. The van der Waals surface area contributed by atoms with Crippen molar-refractivity contribution >= 4 is 34.8 Å². The molecule has 2 N–H and O–H groups in total. The summed E-state index contributed by atoms with van der Waals surface area (Å²) in [6.07, 6.45) is 0. The summed E-state index contributed by atoms with van der Waals surface area (Å²) in [5.41, 5.74) is 2.48. The minimum absolute atomic E-state index is 0.125. The third-order valence-electron chi connectivity index (χ3n) is 3.89. The van der Waals surface area contributed by atoms with Crippen LogP contribution in [0.4, 0.5) is 11.4 Å². The predicted molar refractivity (Wildman–Crippen MR) is 111 cm³/mol. The van der Waals surface area contributed by atoms with Crippen LogP contribution in [0.2, 0.25) is 5.02 Å². The number of para-hydroxylation sites is 1. The average Bonchev–Trinajstić information content (AvgIpc) is 2.68. The predicted octanol–water partition coefficient (Wildman–Crippen LogP) is 4.92. The van der Waals surface area contributed by atoms with Crippen molar-refractivity contribution in [2.75, 3.05) is 17.2 Å². The lowest BCUT2D eigenvalue weighted by Gasteiger charge is -2.10. The van der Waals surface area contributed by atoms with E-state index in [0.29, 0.717) is 27.7 Å². The monoisotopic (exact) mass is 394 g/mol. The Hall–Kier alpha value is -3.31. The maximum Gasteiger partial charge on any atom is 0.262 e. The molecule has 3 aromatic carbocycles. The number of carbonyl (C=O) groups excluding carboxylic acids is 2. The van der Waals surface area contributed by atoms with Gasteiger partial charge in [0.1, 0.15) is 5.75 Å². The molecule has 0 unspecified atom stereocenters. The van der Waals surface area contributed by atoms with Crippen LogP contribution >= 0.6 is 11.6 Å². The summed E-state index contributed by atoms with van der Waals surface area (Å²) in [4.78, 5) is 24.6. The van der Waals surface area contributed by atoms with E-state index in [1.807, 2.05) is 25.1 Å². The summed E-state index contributed by atoms with van der Waals surface area (Å²) in [6.45, 7) is 1.83. The standard InChI is InChI=1S/C22H19ClN2O3/c1-15-6-4-9-18(12-15)28-14-21(26)24-17-8-5-7-16(13-17)22(27)25-20-11-3-2-10-19(20)23/h2-13H,14H2,1H3,(H,24,26)(H,25,27). The molecule has 28 heavy (non-hydrogen) atoms. The van der Waals surface area contributed by atoms with Crippen LogP contribution < -0.4 is 15.4 Å². The Morgan fingerprint density at radius 1 is 0.929 bits per heavy atom. The van der Waals surface area contributed by atoms with Gasteiger partial charge in [-0.3, -0.25) is 9.59 Å². The topological polar surface area (TPSA) is 67.4 Å². The molecule has 0 spiro atoms. The van der Waals surface area contributed by atoms with Gasteiger partial charge in [-0.25, -0.2) is 0 Å². The highest BCUT2D eigenvalue weighted by atomic mass is 35.5. The molecule has 0 aliphatic heterocycles. The van der Waals surface area contributed by atoms with E-state index in [-0.39, 0.29) is 18.4 Å². The molecule has 2 amide bonds. The van der Waals surface area contributed by atoms with Crippen molar-refractivity contribution in [2.24, 2.45) is 0 Å². The first-order valence-corrected chi connectivity index (χ1v) is 9.04. The highest BCUT2D eigenvalue weighted by molar-refractivity contribution is 6.33. The van der Waals surface area contributed by atoms with Gasteiger partial charge < -0.3 is 15.4 Å². The lowest BCUT2D eigenvalue weighted by atomic mass is 10.2. The van der Waals surface area contributed by atoms with E-state index in [2.05, 4.69) is 10.6 Å². The number of anilines is 2. The van der Waals surface area contributed by atoms with Gasteiger partial charge in [-0.05, 0) is 55.0 Å². The summed E-state index contributed by atoms with van der Waals surface area (Å²) in [7, 11) is 0. The van der Waals surface area contributed by atoms with Crippen molar-refractivity contribution in [2.45, 2.75) is 6.92 Å². The molecule has 3 rings (SSSR count). The Balaban J connectivity index is 1.60. The SMILES string of the molecule is Cc1cccc(OCC(=O)Nc2cccc(C(=O)Nc3ccccc3Cl)c2)c1. The molecular formula is C22H19ClN2O3. The van der Waals surface area contributed by atoms with Gasteiger partial charge in [0.25, 0.3) is 11.8 Å². The summed E-state index contributed by atoms with van der Waals surface area (Å²) in [6, 6.07) is 21.1. The van der Waals surface area contributed by atoms with E-state index in [9.17, 15) is 9.59 Å². The lowest BCUT2D eigenvalue weighted by Crippen LogP contribution is -2.20. The van der Waals surface area contributed by atoms with Crippen molar-refractivity contribution in [3.05, 3.63) is 88.9 Å². The van der Waals surface area contributed by atoms with E-state index >= 15 is 0 Å². The molecule has 0 heterocycles. The molecule has 0 fully saturated rings. The molecule has 0 saturated heterocycles. The second kappa shape index (κ2) is 9.06. The number of amides is 2. The number of benzene rings is 3. The van der Waals surface area contributed by atoms with Crippen molar-refractivity contribution < 1.29 is 14.3 Å². The zero-order valence-electron chi connectivity index (χ0n) is 15.2. The number of aryl methyl sites for hydroxylation is 1. The van der Waals surface area contributed by atoms with Crippen LogP contribution in [-0.4, -0.2) is 18.4 Å². The van der Waals surface area contributed by atoms with Crippen molar-refractivity contribution in [1.82, 2.24) is 0 Å². The largest absolute Gasteiger partial charge is 0.484 e. The van der Waals surface area contributed by atoms with Gasteiger partial charge in [0.15, 0.2) is 6.61 Å². The van der Waals surface area contributed by atoms with E-state index in [0.717, 1.165) is 5.56 Å². The Labute approximate surface area is 168 Å². The first-order valence-electron chi connectivity index (χ1n) is 8.66. The quantitative estimate of drug-likeness (QED) is 0.623. The smallest absolute Gasteiger partial charge is 0.262 e. The second-order valence-electron chi connectivity index (χ2n) is 6.17. The first kappa shape index (κ1) is 19.5. The van der Waals surface area contributed by atoms with Crippen LogP contribution in [0.3, 0.4) is 0 Å². The summed E-state index contributed by atoms with van der Waals surface area (Å²) in [5.74, 6) is -0.00611. The van der Waals surface area contributed by atoms with Crippen LogP contribution in [0.15, 0.2) is 72.8 Å². The van der Waals surface area contributed by atoms with Crippen LogP contribution in [0.5, 0.6) is 5.75 Å². The molecular weight excluding hydrogens is 376 g/mol. The third kappa shape index (κ3) is 5.34. The van der Waals surface area contributed by atoms with E-state index in [4.69, 9.17) is 16.3 Å². The van der Waals surface area contributed by atoms with Crippen LogP contribution in [0, 0.1) is 6.92 Å². The number of nitrogens with one attached hydrogen (secondary N) is 2. The van der Waals surface area contributed by atoms with Crippen molar-refractivity contribution in [3.8, 4) is 5.75 Å². The molecule has 0 atom stereocenters. The second-order valence-corrected chi connectivity index (χ2v) is 6.58. The summed E-state index contributed by atoms with van der Waals surface area (Å²) >= 11 is 6.07. The Morgan fingerprint density at radius 3 is 2.50 bits per heavy atom. The Morgan fingerprint density at radius 2 is 1.71 bits per heavy atom. The first-order chi connectivity index (χ1) is 13.5. The average molecular weight is 395 g/mol. The number of hydrogen-bond donors (Lipinski definition) is 2. The van der Waals surface area contributed by atoms with Gasteiger partial charge in [-0.1, -0.05) is 41.9 Å². The fourth-order valence-corrected chi connectivity index (χ4v) is 2.73. The zero-order chi connectivity index (χ0) is 19.9. The minimum atomic E-state index is -0.319. The van der Waals surface area contributed by atoms with Gasteiger partial charge in [-0.15, -0.1) is 0 Å². The Bertz CT molecular complexity index is 1000. The maximum absolute atomic E-state index is 12.4. The summed E-state index contributed by atoms with van der Waals surface area (Å²) in [5, 5.41) is 5.93. The van der Waals surface area contributed by atoms with Gasteiger partial charge in [0.2, 0.25) is 0 Å². The molecule has 6 heteroatoms. The lowest BCUT2D eigenvalue weighted by molar-refractivity contribution is -0.118. The van der Waals surface area contributed by atoms with Gasteiger partial charge in [-0.2, -0.15) is 0 Å². The fourth-order valence-electron chi connectivity index (χ4n) is 2.55. The number of rotatable bonds is 6. The van der Waals surface area contributed by atoms with Crippen LogP contribution in [-0.2, 0) is 4.79 Å². The van der Waals surface area contributed by atoms with Gasteiger partial charge in [0, 0.05) is 11.3 Å². The molecule has 0 saturated carbocycles. The Kier molecular flexibility index (Phi) is 6.29. The van der Waals surface area contributed by atoms with Gasteiger partial charge >= 0.3 is 0 Å². The number of ether oxygens (including phenoxy) is 1. The highest BCUT2D eigenvalue weighted by Crippen LogP contribution is 2.21. The number of hydrogen-bond acceptors (Lipinski definition) is 3. The van der Waals surface area contributed by atoms with E-state index in [1.54, 1.807) is 54.6 Å². The molecule has 0 radical (unpaired) electrons. The van der Waals surface area contributed by atoms with Crippen molar-refractivity contribution in [1.29, 1.82) is 0 Å². The zero-order valence-corrected chi connectivity index (χ0v) is 16.0. The van der Waals surface area contributed by atoms with Gasteiger partial charge in [0.05, 0.1) is 10.7 Å². The fraction of sp³-hybridized carbons (Fsp3) is 0.0909. The highest BCUT2D eigenvalue weighted by Gasteiger charge is 2.10. The normalized spacial score (nSPS) is 10.2. The molecule has 5 nitrogen and oxygen atoms in total. The third-order valence-corrected chi connectivity index (χ3v) is 4.22. The van der Waals surface area contributed by atoms with Crippen molar-refractivity contribution in [3.63, 3.8) is 0 Å². The molecule has 142 valence electrons. The summed E-state index contributed by atoms with van der Waals surface area (Å²) < 4.78 is 5.48. The number of halogens is 1. The van der Waals surface area contributed by atoms with Crippen LogP contribution in [0.1, 0.15) is 15.9 Å². The molecule has 0 aliphatic rings. The minimum Gasteiger partial charge on any atom is -0.484 e. The maximum atomic E-state index is 12.4.